The van der Waals surface area contributed by atoms with E-state index >= 15 is 0 Å². The predicted molar refractivity (Wildman–Crippen MR) is 74.2 cm³/mol. The first kappa shape index (κ1) is 12.8. The molecule has 20 heavy (non-hydrogen) atoms. The summed E-state index contributed by atoms with van der Waals surface area (Å²) in [7, 11) is 0. The number of carbonyl (C=O) groups is 1. The zero-order valence-electron chi connectivity index (χ0n) is 10.9. The first-order valence-electron chi connectivity index (χ1n) is 6.67. The zero-order valence-corrected chi connectivity index (χ0v) is 10.9. The molecule has 1 aliphatic carbocycles. The molecule has 0 fully saturated rings. The molecule has 0 saturated carbocycles. The molecule has 0 aliphatic heterocycles. The number of pyridine rings is 1. The third-order valence-corrected chi connectivity index (χ3v) is 3.62. The van der Waals surface area contributed by atoms with E-state index in [0.717, 1.165) is 11.1 Å². The lowest BCUT2D eigenvalue weighted by Gasteiger charge is -2.28. The van der Waals surface area contributed by atoms with Crippen LogP contribution < -0.4 is 5.32 Å². The molecular weight excluding hydrogens is 255 g/mol. The number of nitrogens with zero attached hydrogens (tertiary/aromatic N) is 1. The van der Waals surface area contributed by atoms with E-state index in [0.29, 0.717) is 18.5 Å². The van der Waals surface area contributed by atoms with Crippen molar-refractivity contribution in [3.63, 3.8) is 0 Å². The lowest BCUT2D eigenvalue weighted by atomic mass is 9.87. The molecule has 1 aliphatic rings. The summed E-state index contributed by atoms with van der Waals surface area (Å²) in [5.74, 6) is -0.322. The van der Waals surface area contributed by atoms with Crippen molar-refractivity contribution in [1.29, 1.82) is 0 Å². The van der Waals surface area contributed by atoms with Crippen LogP contribution in [-0.4, -0.2) is 23.1 Å². The van der Waals surface area contributed by atoms with Gasteiger partial charge in [0.25, 0.3) is 5.91 Å². The van der Waals surface area contributed by atoms with E-state index in [1.54, 1.807) is 24.4 Å². The number of nitrogens with one attached hydrogen (secondary N) is 1. The van der Waals surface area contributed by atoms with E-state index in [1.807, 2.05) is 24.3 Å². The number of amides is 1. The van der Waals surface area contributed by atoms with Gasteiger partial charge in [-0.3, -0.25) is 9.78 Å². The van der Waals surface area contributed by atoms with Gasteiger partial charge in [-0.2, -0.15) is 0 Å². The Morgan fingerprint density at radius 2 is 1.80 bits per heavy atom. The monoisotopic (exact) mass is 270 g/mol. The molecule has 3 rings (SSSR count). The fourth-order valence-electron chi connectivity index (χ4n) is 2.55. The SMILES string of the molecule is O=C(N[C@@H]1Cc2ccccc2C[C@H]1F)c1ccccn1. The van der Waals surface area contributed by atoms with Gasteiger partial charge in [0, 0.05) is 12.6 Å². The Morgan fingerprint density at radius 3 is 2.50 bits per heavy atom. The Morgan fingerprint density at radius 1 is 1.10 bits per heavy atom. The van der Waals surface area contributed by atoms with Crippen LogP contribution in [-0.2, 0) is 12.8 Å². The Labute approximate surface area is 116 Å². The zero-order chi connectivity index (χ0) is 13.9. The van der Waals surface area contributed by atoms with Crippen LogP contribution in [0.4, 0.5) is 4.39 Å². The maximum absolute atomic E-state index is 14.2. The maximum atomic E-state index is 14.2. The summed E-state index contributed by atoms with van der Waals surface area (Å²) in [6.45, 7) is 0. The molecule has 1 N–H and O–H groups in total. The standard InChI is InChI=1S/C16H15FN2O/c17-13-9-11-5-1-2-6-12(11)10-15(13)19-16(20)14-7-3-4-8-18-14/h1-8,13,15H,9-10H2,(H,19,20)/t13-,15-/m1/s1. The molecule has 0 saturated heterocycles. The van der Waals surface area contributed by atoms with E-state index in [4.69, 9.17) is 0 Å². The summed E-state index contributed by atoms with van der Waals surface area (Å²) in [6.07, 6.45) is 1.37. The molecule has 2 atom stereocenters. The number of carbonyl (C=O) groups excluding carboxylic acids is 1. The van der Waals surface area contributed by atoms with Crippen LogP contribution in [0.5, 0.6) is 0 Å². The molecule has 0 spiro atoms. The van der Waals surface area contributed by atoms with Gasteiger partial charge in [-0.1, -0.05) is 30.3 Å². The number of alkyl halides is 1. The van der Waals surface area contributed by atoms with Gasteiger partial charge >= 0.3 is 0 Å². The highest BCUT2D eigenvalue weighted by atomic mass is 19.1. The molecule has 1 amide bonds. The molecule has 2 aromatic rings. The van der Waals surface area contributed by atoms with Gasteiger partial charge in [0.05, 0.1) is 6.04 Å². The van der Waals surface area contributed by atoms with E-state index in [2.05, 4.69) is 10.3 Å². The Balaban J connectivity index is 1.74. The summed E-state index contributed by atoms with van der Waals surface area (Å²) >= 11 is 0. The van der Waals surface area contributed by atoms with Gasteiger partial charge in [-0.15, -0.1) is 0 Å². The smallest absolute Gasteiger partial charge is 0.270 e. The minimum absolute atomic E-state index is 0.318. The lowest BCUT2D eigenvalue weighted by Crippen LogP contribution is -2.46. The van der Waals surface area contributed by atoms with Crippen LogP contribution in [0.1, 0.15) is 21.6 Å². The molecule has 1 aromatic carbocycles. The molecule has 0 bridgehead atoms. The lowest BCUT2D eigenvalue weighted by molar-refractivity contribution is 0.0899. The average Bonchev–Trinajstić information content (AvgIpc) is 2.49. The van der Waals surface area contributed by atoms with E-state index < -0.39 is 12.2 Å². The van der Waals surface area contributed by atoms with Crippen LogP contribution >= 0.6 is 0 Å². The fraction of sp³-hybridized carbons (Fsp3) is 0.250. The minimum Gasteiger partial charge on any atom is -0.345 e. The molecule has 0 unspecified atom stereocenters. The Hall–Kier alpha value is -2.23. The van der Waals surface area contributed by atoms with Crippen molar-refractivity contribution in [2.24, 2.45) is 0 Å². The summed E-state index contributed by atoms with van der Waals surface area (Å²) in [5, 5.41) is 2.75. The van der Waals surface area contributed by atoms with Crippen molar-refractivity contribution in [3.05, 3.63) is 65.5 Å². The first-order valence-corrected chi connectivity index (χ1v) is 6.67. The van der Waals surface area contributed by atoms with Crippen LogP contribution in [0.2, 0.25) is 0 Å². The number of halogens is 1. The summed E-state index contributed by atoms with van der Waals surface area (Å²) in [6, 6.07) is 12.4. The van der Waals surface area contributed by atoms with Crippen molar-refractivity contribution in [2.45, 2.75) is 25.1 Å². The summed E-state index contributed by atoms with van der Waals surface area (Å²) < 4.78 is 14.2. The van der Waals surface area contributed by atoms with Gasteiger partial charge in [-0.05, 0) is 29.7 Å². The van der Waals surface area contributed by atoms with Crippen molar-refractivity contribution >= 4 is 5.91 Å². The second-order valence-corrected chi connectivity index (χ2v) is 4.99. The predicted octanol–water partition coefficient (Wildman–Crippen LogP) is 2.32. The van der Waals surface area contributed by atoms with Gasteiger partial charge in [0.15, 0.2) is 0 Å². The fourth-order valence-corrected chi connectivity index (χ4v) is 2.55. The van der Waals surface area contributed by atoms with Crippen molar-refractivity contribution in [1.82, 2.24) is 10.3 Å². The van der Waals surface area contributed by atoms with E-state index in [-0.39, 0.29) is 5.91 Å². The molecule has 1 heterocycles. The van der Waals surface area contributed by atoms with Crippen LogP contribution in [0.15, 0.2) is 48.7 Å². The van der Waals surface area contributed by atoms with E-state index in [9.17, 15) is 9.18 Å². The quantitative estimate of drug-likeness (QED) is 0.910. The maximum Gasteiger partial charge on any atom is 0.270 e. The third-order valence-electron chi connectivity index (χ3n) is 3.62. The molecular formula is C16H15FN2O. The van der Waals surface area contributed by atoms with Gasteiger partial charge < -0.3 is 5.32 Å². The van der Waals surface area contributed by atoms with E-state index in [1.165, 1.54) is 0 Å². The first-order chi connectivity index (χ1) is 9.74. The largest absolute Gasteiger partial charge is 0.345 e. The molecule has 102 valence electrons. The van der Waals surface area contributed by atoms with Crippen LogP contribution in [0, 0.1) is 0 Å². The topological polar surface area (TPSA) is 42.0 Å². The molecule has 3 nitrogen and oxygen atoms in total. The summed E-state index contributed by atoms with van der Waals surface area (Å²) in [5.41, 5.74) is 2.45. The van der Waals surface area contributed by atoms with Gasteiger partial charge in [0.2, 0.25) is 0 Å². The third kappa shape index (κ3) is 2.54. The highest BCUT2D eigenvalue weighted by Crippen LogP contribution is 2.23. The highest BCUT2D eigenvalue weighted by molar-refractivity contribution is 5.92. The van der Waals surface area contributed by atoms with Crippen molar-refractivity contribution in [2.75, 3.05) is 0 Å². The number of benzene rings is 1. The molecule has 4 heteroatoms. The molecule has 0 radical (unpaired) electrons. The molecule has 1 aromatic heterocycles. The average molecular weight is 270 g/mol. The number of fused-ring (bicyclic) bond motifs is 1. The Bertz CT molecular complexity index is 615. The van der Waals surface area contributed by atoms with Gasteiger partial charge in [0.1, 0.15) is 11.9 Å². The normalized spacial score (nSPS) is 21.1. The number of rotatable bonds is 2. The second-order valence-electron chi connectivity index (χ2n) is 4.99. The van der Waals surface area contributed by atoms with Crippen molar-refractivity contribution in [3.8, 4) is 0 Å². The highest BCUT2D eigenvalue weighted by Gasteiger charge is 2.29. The van der Waals surface area contributed by atoms with Crippen molar-refractivity contribution < 1.29 is 9.18 Å². The second kappa shape index (κ2) is 5.41. The minimum atomic E-state index is -1.06. The van der Waals surface area contributed by atoms with Crippen LogP contribution in [0.3, 0.4) is 0 Å². The number of hydrogen-bond acceptors (Lipinski definition) is 2. The van der Waals surface area contributed by atoms with Gasteiger partial charge in [-0.25, -0.2) is 4.39 Å². The summed E-state index contributed by atoms with van der Waals surface area (Å²) in [4.78, 5) is 16.0. The Kier molecular flexibility index (Phi) is 3.46. The number of aromatic nitrogens is 1. The number of hydrogen-bond donors (Lipinski definition) is 1. The van der Waals surface area contributed by atoms with Crippen LogP contribution in [0.25, 0.3) is 0 Å².